The second kappa shape index (κ2) is 5.36. The number of para-hydroxylation sites is 2. The molecule has 4 rings (SSSR count). The molecule has 0 saturated heterocycles. The largest absolute Gasteiger partial charge is 0.369 e. The minimum atomic E-state index is 0.290. The van der Waals surface area contributed by atoms with E-state index in [-0.39, 0.29) is 5.96 Å². The SMILES string of the molecule is N/C(=N\c1nc2ccccc2s1)Nc1nc2ccccc2s1. The highest BCUT2D eigenvalue weighted by Gasteiger charge is 2.06. The van der Waals surface area contributed by atoms with Crippen molar-refractivity contribution >= 4 is 59.3 Å². The highest BCUT2D eigenvalue weighted by molar-refractivity contribution is 7.22. The zero-order chi connectivity index (χ0) is 14.9. The molecule has 2 aromatic carbocycles. The molecule has 108 valence electrons. The number of thiazole rings is 2. The number of aliphatic imine (C=N–C) groups is 1. The van der Waals surface area contributed by atoms with Gasteiger partial charge in [0.1, 0.15) is 0 Å². The van der Waals surface area contributed by atoms with Gasteiger partial charge < -0.3 is 11.1 Å². The van der Waals surface area contributed by atoms with Crippen molar-refractivity contribution in [1.29, 1.82) is 0 Å². The van der Waals surface area contributed by atoms with Crippen molar-refractivity contribution in [3.63, 3.8) is 0 Å². The maximum atomic E-state index is 5.95. The average molecular weight is 325 g/mol. The molecule has 3 N–H and O–H groups in total. The Morgan fingerprint density at radius 2 is 1.55 bits per heavy atom. The van der Waals surface area contributed by atoms with Gasteiger partial charge in [0.05, 0.1) is 20.4 Å². The number of hydrogen-bond donors (Lipinski definition) is 2. The molecule has 0 aliphatic rings. The van der Waals surface area contributed by atoms with E-state index in [1.54, 1.807) is 11.3 Å². The zero-order valence-electron chi connectivity index (χ0n) is 11.4. The molecule has 0 aliphatic carbocycles. The number of nitrogens with two attached hydrogens (primary N) is 1. The van der Waals surface area contributed by atoms with E-state index >= 15 is 0 Å². The van der Waals surface area contributed by atoms with Crippen LogP contribution in [-0.2, 0) is 0 Å². The van der Waals surface area contributed by atoms with Gasteiger partial charge in [0.2, 0.25) is 11.1 Å². The fourth-order valence-electron chi connectivity index (χ4n) is 2.07. The number of nitrogens with one attached hydrogen (secondary N) is 1. The third kappa shape index (κ3) is 2.51. The van der Waals surface area contributed by atoms with Crippen molar-refractivity contribution in [3.05, 3.63) is 48.5 Å². The Morgan fingerprint density at radius 1 is 0.909 bits per heavy atom. The Bertz CT molecular complexity index is 920. The Kier molecular flexibility index (Phi) is 3.21. The molecule has 0 unspecified atom stereocenters. The van der Waals surface area contributed by atoms with Gasteiger partial charge in [0.15, 0.2) is 5.13 Å². The van der Waals surface area contributed by atoms with Crippen LogP contribution in [0, 0.1) is 0 Å². The predicted molar refractivity (Wildman–Crippen MR) is 94.1 cm³/mol. The van der Waals surface area contributed by atoms with E-state index in [1.807, 2.05) is 48.5 Å². The van der Waals surface area contributed by atoms with Crippen molar-refractivity contribution < 1.29 is 0 Å². The number of nitrogens with zero attached hydrogens (tertiary/aromatic N) is 3. The summed E-state index contributed by atoms with van der Waals surface area (Å²) >= 11 is 3.05. The second-order valence-electron chi connectivity index (χ2n) is 4.57. The molecular formula is C15H11N5S2. The first-order chi connectivity index (χ1) is 10.8. The van der Waals surface area contributed by atoms with E-state index in [1.165, 1.54) is 11.3 Å². The van der Waals surface area contributed by atoms with E-state index in [9.17, 15) is 0 Å². The Labute approximate surface area is 134 Å². The van der Waals surface area contributed by atoms with Crippen LogP contribution in [0.5, 0.6) is 0 Å². The Balaban J connectivity index is 1.61. The summed E-state index contributed by atoms with van der Waals surface area (Å²) in [7, 11) is 0. The summed E-state index contributed by atoms with van der Waals surface area (Å²) in [5.41, 5.74) is 7.83. The highest BCUT2D eigenvalue weighted by atomic mass is 32.1. The first-order valence-corrected chi connectivity index (χ1v) is 8.23. The summed E-state index contributed by atoms with van der Waals surface area (Å²) in [6.45, 7) is 0. The van der Waals surface area contributed by atoms with Crippen molar-refractivity contribution in [2.24, 2.45) is 10.7 Å². The van der Waals surface area contributed by atoms with E-state index < -0.39 is 0 Å². The quantitative estimate of drug-likeness (QED) is 0.432. The van der Waals surface area contributed by atoms with Gasteiger partial charge in [0.25, 0.3) is 0 Å². The molecule has 0 atom stereocenters. The molecule has 5 nitrogen and oxygen atoms in total. The number of guanidine groups is 1. The van der Waals surface area contributed by atoms with Gasteiger partial charge in [-0.1, -0.05) is 46.9 Å². The summed E-state index contributed by atoms with van der Waals surface area (Å²) in [6, 6.07) is 15.9. The van der Waals surface area contributed by atoms with Gasteiger partial charge in [-0.3, -0.25) is 0 Å². The highest BCUT2D eigenvalue weighted by Crippen LogP contribution is 2.28. The average Bonchev–Trinajstić information content (AvgIpc) is 3.08. The van der Waals surface area contributed by atoms with Crippen LogP contribution in [0.2, 0.25) is 0 Å². The second-order valence-corrected chi connectivity index (χ2v) is 6.61. The third-order valence-corrected chi connectivity index (χ3v) is 4.91. The van der Waals surface area contributed by atoms with Crippen LogP contribution >= 0.6 is 22.7 Å². The summed E-state index contributed by atoms with van der Waals surface area (Å²) in [5.74, 6) is 0.290. The van der Waals surface area contributed by atoms with Crippen LogP contribution < -0.4 is 11.1 Å². The van der Waals surface area contributed by atoms with Crippen LogP contribution in [0.25, 0.3) is 20.4 Å². The molecule has 0 aliphatic heterocycles. The van der Waals surface area contributed by atoms with Crippen molar-refractivity contribution in [3.8, 4) is 0 Å². The molecule has 0 fully saturated rings. The fourth-order valence-corrected chi connectivity index (χ4v) is 3.80. The predicted octanol–water partition coefficient (Wildman–Crippen LogP) is 3.96. The molecule has 0 radical (unpaired) electrons. The Morgan fingerprint density at radius 3 is 2.23 bits per heavy atom. The molecule has 2 heterocycles. The molecule has 2 aromatic heterocycles. The molecular weight excluding hydrogens is 314 g/mol. The van der Waals surface area contributed by atoms with E-state index in [0.717, 1.165) is 25.6 Å². The van der Waals surface area contributed by atoms with Crippen LogP contribution in [0.15, 0.2) is 53.5 Å². The molecule has 7 heteroatoms. The zero-order valence-corrected chi connectivity index (χ0v) is 13.0. The summed E-state index contributed by atoms with van der Waals surface area (Å²) in [5, 5.41) is 4.38. The van der Waals surface area contributed by atoms with E-state index in [4.69, 9.17) is 5.73 Å². The molecule has 0 amide bonds. The van der Waals surface area contributed by atoms with Crippen LogP contribution in [-0.4, -0.2) is 15.9 Å². The van der Waals surface area contributed by atoms with E-state index in [0.29, 0.717) is 5.13 Å². The molecule has 4 aromatic rings. The standard InChI is InChI=1S/C15H11N5S2/c16-13(19-14-17-9-5-1-3-7-11(9)21-14)20-15-18-10-6-2-4-8-12(10)22-15/h1-8H,(H3,16,17,18,19,20). The lowest BCUT2D eigenvalue weighted by molar-refractivity contribution is 1.36. The number of fused-ring (bicyclic) bond motifs is 2. The summed E-state index contributed by atoms with van der Waals surface area (Å²) in [4.78, 5) is 13.2. The van der Waals surface area contributed by atoms with Crippen LogP contribution in [0.3, 0.4) is 0 Å². The summed E-state index contributed by atoms with van der Waals surface area (Å²) in [6.07, 6.45) is 0. The maximum Gasteiger partial charge on any atom is 0.213 e. The first kappa shape index (κ1) is 13.2. The van der Waals surface area contributed by atoms with E-state index in [2.05, 4.69) is 20.3 Å². The summed E-state index contributed by atoms with van der Waals surface area (Å²) < 4.78 is 2.20. The van der Waals surface area contributed by atoms with Gasteiger partial charge in [0, 0.05) is 0 Å². The van der Waals surface area contributed by atoms with Gasteiger partial charge in [-0.05, 0) is 24.3 Å². The lowest BCUT2D eigenvalue weighted by Gasteiger charge is -1.98. The van der Waals surface area contributed by atoms with Crippen molar-refractivity contribution in [2.45, 2.75) is 0 Å². The van der Waals surface area contributed by atoms with Crippen LogP contribution in [0.1, 0.15) is 0 Å². The lowest BCUT2D eigenvalue weighted by atomic mass is 10.3. The number of hydrogen-bond acceptors (Lipinski definition) is 5. The van der Waals surface area contributed by atoms with Crippen LogP contribution in [0.4, 0.5) is 10.3 Å². The van der Waals surface area contributed by atoms with Gasteiger partial charge >= 0.3 is 0 Å². The number of benzene rings is 2. The van der Waals surface area contributed by atoms with Gasteiger partial charge in [-0.15, -0.1) is 0 Å². The molecule has 0 bridgehead atoms. The Hall–Kier alpha value is -2.51. The number of anilines is 1. The minimum absolute atomic E-state index is 0.290. The normalized spacial score (nSPS) is 12.1. The smallest absolute Gasteiger partial charge is 0.213 e. The number of aromatic nitrogens is 2. The van der Waals surface area contributed by atoms with Crippen molar-refractivity contribution in [2.75, 3.05) is 5.32 Å². The lowest BCUT2D eigenvalue weighted by Crippen LogP contribution is -2.21. The maximum absolute atomic E-state index is 5.95. The third-order valence-electron chi connectivity index (χ3n) is 3.03. The van der Waals surface area contributed by atoms with Gasteiger partial charge in [-0.25, -0.2) is 9.97 Å². The first-order valence-electron chi connectivity index (χ1n) is 6.60. The minimum Gasteiger partial charge on any atom is -0.369 e. The number of rotatable bonds is 2. The fraction of sp³-hybridized carbons (Fsp3) is 0. The molecule has 0 spiro atoms. The molecule has 22 heavy (non-hydrogen) atoms. The van der Waals surface area contributed by atoms with Crippen molar-refractivity contribution in [1.82, 2.24) is 9.97 Å². The topological polar surface area (TPSA) is 76.2 Å². The molecule has 0 saturated carbocycles. The monoisotopic (exact) mass is 325 g/mol. The van der Waals surface area contributed by atoms with Gasteiger partial charge in [-0.2, -0.15) is 4.99 Å².